The number of nitrogens with one attached hydrogen (secondary N) is 1. The molecule has 0 aliphatic carbocycles. The summed E-state index contributed by atoms with van der Waals surface area (Å²) in [4.78, 5) is 27.0. The number of benzene rings is 2. The number of nitrogens with zero attached hydrogens (tertiary/aromatic N) is 1. The SMILES string of the molecule is COC(=O)c1cc(N2CCOCC2)ccc1NC(=O)c1ccc(COCC(F)(F)F)cc1. The average Bonchev–Trinajstić information content (AvgIpc) is 2.79. The molecule has 172 valence electrons. The van der Waals surface area contributed by atoms with Gasteiger partial charge < -0.3 is 24.4 Å². The molecule has 0 radical (unpaired) electrons. The number of amides is 1. The van der Waals surface area contributed by atoms with Gasteiger partial charge >= 0.3 is 12.1 Å². The topological polar surface area (TPSA) is 77.1 Å². The number of morpholine rings is 1. The third-order valence-electron chi connectivity index (χ3n) is 4.78. The molecule has 1 N–H and O–H groups in total. The van der Waals surface area contributed by atoms with Crippen LogP contribution in [0.25, 0.3) is 0 Å². The molecule has 0 aromatic heterocycles. The Hall–Kier alpha value is -3.11. The number of anilines is 2. The summed E-state index contributed by atoms with van der Waals surface area (Å²) >= 11 is 0. The molecule has 1 aliphatic rings. The fourth-order valence-electron chi connectivity index (χ4n) is 3.17. The first-order valence-electron chi connectivity index (χ1n) is 9.86. The summed E-state index contributed by atoms with van der Waals surface area (Å²) < 4.78 is 51.3. The molecule has 0 bridgehead atoms. The molecule has 32 heavy (non-hydrogen) atoms. The first-order valence-corrected chi connectivity index (χ1v) is 9.86. The maximum atomic E-state index is 12.7. The molecule has 1 saturated heterocycles. The van der Waals surface area contributed by atoms with Gasteiger partial charge in [0, 0.05) is 24.3 Å². The van der Waals surface area contributed by atoms with Crippen LogP contribution in [0.2, 0.25) is 0 Å². The molecule has 0 unspecified atom stereocenters. The Morgan fingerprint density at radius 3 is 2.41 bits per heavy atom. The second-order valence-electron chi connectivity index (χ2n) is 7.08. The molecule has 0 spiro atoms. The lowest BCUT2D eigenvalue weighted by Crippen LogP contribution is -2.36. The Balaban J connectivity index is 1.70. The number of hydrogen-bond acceptors (Lipinski definition) is 6. The number of hydrogen-bond donors (Lipinski definition) is 1. The minimum absolute atomic E-state index is 0.210. The predicted octanol–water partition coefficient (Wildman–Crippen LogP) is 3.64. The summed E-state index contributed by atoms with van der Waals surface area (Å²) in [5, 5.41) is 2.69. The van der Waals surface area contributed by atoms with E-state index >= 15 is 0 Å². The molecular weight excluding hydrogens is 429 g/mol. The number of alkyl halides is 3. The lowest BCUT2D eigenvalue weighted by molar-refractivity contribution is -0.176. The highest BCUT2D eigenvalue weighted by Gasteiger charge is 2.27. The molecule has 7 nitrogen and oxygen atoms in total. The molecular formula is C22H23F3N2O5. The van der Waals surface area contributed by atoms with Crippen LogP contribution in [0.1, 0.15) is 26.3 Å². The van der Waals surface area contributed by atoms with E-state index in [1.807, 2.05) is 0 Å². The van der Waals surface area contributed by atoms with Crippen LogP contribution in [-0.2, 0) is 20.8 Å². The third kappa shape index (κ3) is 6.44. The lowest BCUT2D eigenvalue weighted by atomic mass is 10.1. The first kappa shape index (κ1) is 23.6. The van der Waals surface area contributed by atoms with Gasteiger partial charge in [-0.2, -0.15) is 13.2 Å². The van der Waals surface area contributed by atoms with Crippen LogP contribution >= 0.6 is 0 Å². The van der Waals surface area contributed by atoms with Crippen molar-refractivity contribution in [3.8, 4) is 0 Å². The van der Waals surface area contributed by atoms with Gasteiger partial charge in [-0.15, -0.1) is 0 Å². The van der Waals surface area contributed by atoms with E-state index in [0.29, 0.717) is 31.9 Å². The van der Waals surface area contributed by atoms with Crippen molar-refractivity contribution in [3.63, 3.8) is 0 Å². The van der Waals surface area contributed by atoms with Crippen LogP contribution in [0, 0.1) is 0 Å². The van der Waals surface area contributed by atoms with Crippen molar-refractivity contribution in [2.75, 3.05) is 50.2 Å². The van der Waals surface area contributed by atoms with Crippen molar-refractivity contribution < 1.29 is 37.0 Å². The first-order chi connectivity index (χ1) is 15.3. The number of esters is 1. The molecule has 1 amide bonds. The normalized spacial score (nSPS) is 14.2. The number of carbonyl (C=O) groups excluding carboxylic acids is 2. The highest BCUT2D eigenvalue weighted by molar-refractivity contribution is 6.08. The quantitative estimate of drug-likeness (QED) is 0.647. The van der Waals surface area contributed by atoms with Crippen LogP contribution < -0.4 is 10.2 Å². The van der Waals surface area contributed by atoms with Gasteiger partial charge in [0.05, 0.1) is 38.2 Å². The third-order valence-corrected chi connectivity index (χ3v) is 4.78. The molecule has 2 aromatic carbocycles. The number of carbonyl (C=O) groups is 2. The van der Waals surface area contributed by atoms with E-state index in [-0.39, 0.29) is 23.4 Å². The Bertz CT molecular complexity index is 942. The molecule has 1 heterocycles. The predicted molar refractivity (Wildman–Crippen MR) is 111 cm³/mol. The fourth-order valence-corrected chi connectivity index (χ4v) is 3.17. The second kappa shape index (κ2) is 10.5. The largest absolute Gasteiger partial charge is 0.465 e. The van der Waals surface area contributed by atoms with E-state index in [9.17, 15) is 22.8 Å². The number of rotatable bonds is 7. The van der Waals surface area contributed by atoms with Gasteiger partial charge in [-0.3, -0.25) is 4.79 Å². The molecule has 0 atom stereocenters. The van der Waals surface area contributed by atoms with Crippen molar-refractivity contribution in [2.24, 2.45) is 0 Å². The smallest absolute Gasteiger partial charge is 0.411 e. The Morgan fingerprint density at radius 2 is 1.78 bits per heavy atom. The Kier molecular flexibility index (Phi) is 7.70. The van der Waals surface area contributed by atoms with Crippen molar-refractivity contribution in [1.82, 2.24) is 0 Å². The van der Waals surface area contributed by atoms with Crippen LogP contribution in [0.3, 0.4) is 0 Å². The van der Waals surface area contributed by atoms with Gasteiger partial charge in [-0.05, 0) is 35.9 Å². The Labute approximate surface area is 183 Å². The van der Waals surface area contributed by atoms with Gasteiger partial charge in [0.2, 0.25) is 0 Å². The molecule has 1 aliphatic heterocycles. The second-order valence-corrected chi connectivity index (χ2v) is 7.08. The van der Waals surface area contributed by atoms with Crippen molar-refractivity contribution in [2.45, 2.75) is 12.8 Å². The van der Waals surface area contributed by atoms with Crippen LogP contribution in [0.15, 0.2) is 42.5 Å². The van der Waals surface area contributed by atoms with Crippen LogP contribution in [-0.4, -0.2) is 58.1 Å². The minimum atomic E-state index is -4.39. The van der Waals surface area contributed by atoms with E-state index in [0.717, 1.165) is 5.69 Å². The molecule has 3 rings (SSSR count). The van der Waals surface area contributed by atoms with Gasteiger partial charge in [-0.25, -0.2) is 4.79 Å². The molecule has 0 saturated carbocycles. The van der Waals surface area contributed by atoms with Crippen LogP contribution in [0.4, 0.5) is 24.5 Å². The highest BCUT2D eigenvalue weighted by atomic mass is 19.4. The number of ether oxygens (including phenoxy) is 3. The summed E-state index contributed by atoms with van der Waals surface area (Å²) in [6.07, 6.45) is -4.39. The fraction of sp³-hybridized carbons (Fsp3) is 0.364. The van der Waals surface area contributed by atoms with Crippen LogP contribution in [0.5, 0.6) is 0 Å². The van der Waals surface area contributed by atoms with Gasteiger partial charge in [0.25, 0.3) is 5.91 Å². The zero-order valence-corrected chi connectivity index (χ0v) is 17.4. The monoisotopic (exact) mass is 452 g/mol. The number of halogens is 3. The van der Waals surface area contributed by atoms with E-state index in [4.69, 9.17) is 9.47 Å². The lowest BCUT2D eigenvalue weighted by Gasteiger charge is -2.29. The molecule has 10 heteroatoms. The van der Waals surface area contributed by atoms with E-state index in [1.165, 1.54) is 31.4 Å². The van der Waals surface area contributed by atoms with Gasteiger partial charge in [0.15, 0.2) is 0 Å². The maximum absolute atomic E-state index is 12.7. The summed E-state index contributed by atoms with van der Waals surface area (Å²) in [6, 6.07) is 11.1. The van der Waals surface area contributed by atoms with Gasteiger partial charge in [-0.1, -0.05) is 12.1 Å². The van der Waals surface area contributed by atoms with Crippen molar-refractivity contribution >= 4 is 23.3 Å². The van der Waals surface area contributed by atoms with E-state index in [2.05, 4.69) is 15.0 Å². The summed E-state index contributed by atoms with van der Waals surface area (Å²) in [6.45, 7) is 0.978. The number of methoxy groups -OCH3 is 1. The minimum Gasteiger partial charge on any atom is -0.465 e. The average molecular weight is 452 g/mol. The summed E-state index contributed by atoms with van der Waals surface area (Å²) in [5.74, 6) is -1.07. The van der Waals surface area contributed by atoms with Crippen molar-refractivity contribution in [1.29, 1.82) is 0 Å². The molecule has 1 fully saturated rings. The molecule has 2 aromatic rings. The van der Waals surface area contributed by atoms with E-state index < -0.39 is 24.7 Å². The standard InChI is InChI=1S/C22H23F3N2O5/c1-30-21(29)18-12-17(27-8-10-31-11-9-27)6-7-19(18)26-20(28)16-4-2-15(3-5-16)13-32-14-22(23,24)25/h2-7,12H,8-11,13-14H2,1H3,(H,26,28). The summed E-state index contributed by atoms with van der Waals surface area (Å²) in [5.41, 5.74) is 2.09. The zero-order valence-electron chi connectivity index (χ0n) is 17.4. The highest BCUT2D eigenvalue weighted by Crippen LogP contribution is 2.25. The van der Waals surface area contributed by atoms with Crippen molar-refractivity contribution in [3.05, 3.63) is 59.2 Å². The Morgan fingerprint density at radius 1 is 1.09 bits per heavy atom. The van der Waals surface area contributed by atoms with E-state index in [1.54, 1.807) is 18.2 Å². The zero-order chi connectivity index (χ0) is 23.1. The van der Waals surface area contributed by atoms with Gasteiger partial charge in [0.1, 0.15) is 6.61 Å². The summed E-state index contributed by atoms with van der Waals surface area (Å²) in [7, 11) is 1.26. The maximum Gasteiger partial charge on any atom is 0.411 e.